The molecule has 0 heterocycles. The summed E-state index contributed by atoms with van der Waals surface area (Å²) >= 11 is 0. The van der Waals surface area contributed by atoms with E-state index < -0.39 is 0 Å². The summed E-state index contributed by atoms with van der Waals surface area (Å²) < 4.78 is 0. The monoisotopic (exact) mass is 292 g/mol. The van der Waals surface area contributed by atoms with Crippen molar-refractivity contribution in [3.8, 4) is 5.75 Å². The molecule has 1 aromatic carbocycles. The molecule has 0 radical (unpaired) electrons. The lowest BCUT2D eigenvalue weighted by atomic mass is 10.1. The highest BCUT2D eigenvalue weighted by molar-refractivity contribution is 5.94. The van der Waals surface area contributed by atoms with Gasteiger partial charge in [0, 0.05) is 17.8 Å². The van der Waals surface area contributed by atoms with Crippen LogP contribution in [0.1, 0.15) is 27.7 Å². The van der Waals surface area contributed by atoms with Gasteiger partial charge in [-0.1, -0.05) is 0 Å². The molecule has 0 spiro atoms. The van der Waals surface area contributed by atoms with Crippen LogP contribution >= 0.6 is 0 Å². The van der Waals surface area contributed by atoms with Crippen molar-refractivity contribution in [3.63, 3.8) is 0 Å². The number of hydrogen-bond acceptors (Lipinski definition) is 3. The second kappa shape index (κ2) is 7.52. The smallest absolute Gasteiger partial charge is 0.246 e. The van der Waals surface area contributed by atoms with Crippen LogP contribution in [0.15, 0.2) is 29.3 Å². The van der Waals surface area contributed by atoms with E-state index in [1.807, 2.05) is 27.7 Å². The zero-order valence-electron chi connectivity index (χ0n) is 13.0. The summed E-state index contributed by atoms with van der Waals surface area (Å²) in [6.45, 7) is 8.79. The molecule has 0 unspecified atom stereocenters. The van der Waals surface area contributed by atoms with Crippen LogP contribution in [0, 0.1) is 0 Å². The van der Waals surface area contributed by atoms with E-state index in [0.29, 0.717) is 11.6 Å². The van der Waals surface area contributed by atoms with E-state index >= 15 is 0 Å². The van der Waals surface area contributed by atoms with Crippen LogP contribution in [-0.2, 0) is 4.79 Å². The molecule has 1 rings (SSSR count). The zero-order chi connectivity index (χ0) is 15.9. The molecule has 0 aliphatic heterocycles. The second-order valence-electron chi connectivity index (χ2n) is 5.67. The fourth-order valence-corrected chi connectivity index (χ4v) is 1.56. The summed E-state index contributed by atoms with van der Waals surface area (Å²) in [6.07, 6.45) is 0. The molecule has 6 nitrogen and oxygen atoms in total. The Balaban J connectivity index is 2.58. The van der Waals surface area contributed by atoms with Crippen molar-refractivity contribution in [2.45, 2.75) is 33.2 Å². The predicted molar refractivity (Wildman–Crippen MR) is 85.6 cm³/mol. The van der Waals surface area contributed by atoms with Crippen molar-refractivity contribution >= 4 is 17.6 Å². The van der Waals surface area contributed by atoms with Crippen LogP contribution in [0.25, 0.3) is 0 Å². The maximum Gasteiger partial charge on any atom is 0.246 e. The maximum atomic E-state index is 11.8. The largest absolute Gasteiger partial charge is 0.508 e. The molecular formula is C15H24N4O2. The summed E-state index contributed by atoms with van der Waals surface area (Å²) in [5.74, 6) is 0.549. The van der Waals surface area contributed by atoms with E-state index in [9.17, 15) is 9.90 Å². The molecule has 0 bridgehead atoms. The van der Waals surface area contributed by atoms with E-state index in [1.165, 1.54) is 12.1 Å². The van der Waals surface area contributed by atoms with Gasteiger partial charge in [-0.2, -0.15) is 0 Å². The number of benzene rings is 1. The summed E-state index contributed by atoms with van der Waals surface area (Å²) in [5.41, 5.74) is 0.496. The number of nitrogens with one attached hydrogen (secondary N) is 3. The minimum absolute atomic E-state index is 0.0201. The van der Waals surface area contributed by atoms with Gasteiger partial charge in [0.2, 0.25) is 5.91 Å². The summed E-state index contributed by atoms with van der Waals surface area (Å²) in [7, 11) is 0. The van der Waals surface area contributed by atoms with Gasteiger partial charge in [-0.15, -0.1) is 0 Å². The molecular weight excluding hydrogens is 268 g/mol. The first kappa shape index (κ1) is 16.8. The number of aliphatic imine (C=N–C) groups is 1. The van der Waals surface area contributed by atoms with Gasteiger partial charge < -0.3 is 21.1 Å². The Kier molecular flexibility index (Phi) is 6.02. The topological polar surface area (TPSA) is 85.8 Å². The fourth-order valence-electron chi connectivity index (χ4n) is 1.56. The Morgan fingerprint density at radius 2 is 1.86 bits per heavy atom. The van der Waals surface area contributed by atoms with E-state index in [2.05, 4.69) is 20.9 Å². The number of aromatic hydroxyl groups is 1. The average molecular weight is 292 g/mol. The van der Waals surface area contributed by atoms with Crippen molar-refractivity contribution in [1.29, 1.82) is 0 Å². The van der Waals surface area contributed by atoms with E-state index in [0.717, 1.165) is 6.54 Å². The van der Waals surface area contributed by atoms with Gasteiger partial charge in [0.25, 0.3) is 0 Å². The number of phenols is 1. The molecule has 1 amide bonds. The number of phenolic OH excluding ortho intramolecular Hbond substituents is 1. The highest BCUT2D eigenvalue weighted by atomic mass is 16.3. The first-order valence-corrected chi connectivity index (χ1v) is 6.95. The number of hydrogen-bond donors (Lipinski definition) is 4. The third-order valence-corrected chi connectivity index (χ3v) is 2.37. The van der Waals surface area contributed by atoms with Crippen molar-refractivity contribution in [2.75, 3.05) is 18.4 Å². The quantitative estimate of drug-likeness (QED) is 0.386. The minimum Gasteiger partial charge on any atom is -0.508 e. The molecule has 1 aromatic rings. The Hall–Kier alpha value is -2.24. The Morgan fingerprint density at radius 3 is 2.38 bits per heavy atom. The van der Waals surface area contributed by atoms with Gasteiger partial charge in [-0.05, 0) is 52.0 Å². The molecule has 6 heteroatoms. The lowest BCUT2D eigenvalue weighted by Gasteiger charge is -2.23. The third-order valence-electron chi connectivity index (χ3n) is 2.37. The van der Waals surface area contributed by atoms with Gasteiger partial charge in [-0.3, -0.25) is 4.79 Å². The SMILES string of the molecule is CCNC(=NCC(=O)Nc1ccc(O)cc1)NC(C)(C)C. The van der Waals surface area contributed by atoms with Gasteiger partial charge in [0.15, 0.2) is 5.96 Å². The van der Waals surface area contributed by atoms with Crippen molar-refractivity contribution in [1.82, 2.24) is 10.6 Å². The Morgan fingerprint density at radius 1 is 1.24 bits per heavy atom. The molecule has 116 valence electrons. The molecule has 0 fully saturated rings. The van der Waals surface area contributed by atoms with Gasteiger partial charge in [0.05, 0.1) is 0 Å². The molecule has 0 aliphatic rings. The molecule has 0 atom stereocenters. The van der Waals surface area contributed by atoms with Crippen LogP contribution in [-0.4, -0.2) is 35.6 Å². The molecule has 21 heavy (non-hydrogen) atoms. The maximum absolute atomic E-state index is 11.8. The number of amides is 1. The second-order valence-corrected chi connectivity index (χ2v) is 5.67. The van der Waals surface area contributed by atoms with Crippen LogP contribution in [0.5, 0.6) is 5.75 Å². The van der Waals surface area contributed by atoms with Crippen molar-refractivity contribution < 1.29 is 9.90 Å². The average Bonchev–Trinajstić information content (AvgIpc) is 2.37. The predicted octanol–water partition coefficient (Wildman–Crippen LogP) is 1.68. The van der Waals surface area contributed by atoms with Gasteiger partial charge in [-0.25, -0.2) is 4.99 Å². The third kappa shape index (κ3) is 7.20. The van der Waals surface area contributed by atoms with Gasteiger partial charge in [0.1, 0.15) is 12.3 Å². The fraction of sp³-hybridized carbons (Fsp3) is 0.467. The number of guanidine groups is 1. The zero-order valence-corrected chi connectivity index (χ0v) is 13.0. The Bertz CT molecular complexity index is 489. The summed E-state index contributed by atoms with van der Waals surface area (Å²) in [4.78, 5) is 16.1. The van der Waals surface area contributed by atoms with Crippen molar-refractivity contribution in [2.24, 2.45) is 4.99 Å². The number of carbonyl (C=O) groups excluding carboxylic acids is 1. The highest BCUT2D eigenvalue weighted by Gasteiger charge is 2.12. The lowest BCUT2D eigenvalue weighted by Crippen LogP contribution is -2.47. The first-order valence-electron chi connectivity index (χ1n) is 6.95. The minimum atomic E-state index is -0.216. The molecule has 0 saturated heterocycles. The normalized spacial score (nSPS) is 11.9. The van der Waals surface area contributed by atoms with Crippen molar-refractivity contribution in [3.05, 3.63) is 24.3 Å². The molecule has 0 aliphatic carbocycles. The van der Waals surface area contributed by atoms with E-state index in [-0.39, 0.29) is 23.7 Å². The van der Waals surface area contributed by atoms with E-state index in [1.54, 1.807) is 12.1 Å². The lowest BCUT2D eigenvalue weighted by molar-refractivity contribution is -0.114. The van der Waals surface area contributed by atoms with Gasteiger partial charge >= 0.3 is 0 Å². The standard InChI is InChI=1S/C15H24N4O2/c1-5-16-14(19-15(2,3)4)17-10-13(21)18-11-6-8-12(20)9-7-11/h6-9,20H,5,10H2,1-4H3,(H,18,21)(H2,16,17,19). The van der Waals surface area contributed by atoms with Crippen LogP contribution in [0.4, 0.5) is 5.69 Å². The summed E-state index contributed by atoms with van der Waals surface area (Å²) in [6, 6.07) is 6.30. The number of rotatable bonds is 4. The van der Waals surface area contributed by atoms with Crippen LogP contribution in [0.3, 0.4) is 0 Å². The van der Waals surface area contributed by atoms with Crippen LogP contribution < -0.4 is 16.0 Å². The number of nitrogens with zero attached hydrogens (tertiary/aromatic N) is 1. The molecule has 0 aromatic heterocycles. The number of carbonyl (C=O) groups is 1. The van der Waals surface area contributed by atoms with E-state index in [4.69, 9.17) is 0 Å². The molecule has 0 saturated carbocycles. The molecule has 4 N–H and O–H groups in total. The summed E-state index contributed by atoms with van der Waals surface area (Å²) in [5, 5.41) is 18.2. The number of anilines is 1. The van der Waals surface area contributed by atoms with Crippen LogP contribution in [0.2, 0.25) is 0 Å². The first-order chi connectivity index (χ1) is 9.80. The Labute approximate surface area is 125 Å². The highest BCUT2D eigenvalue weighted by Crippen LogP contribution is 2.13.